The van der Waals surface area contributed by atoms with Crippen LogP contribution in [0.4, 0.5) is 25.2 Å². The number of halogens is 5. The number of hydrogen-bond donors (Lipinski definition) is 1. The summed E-state index contributed by atoms with van der Waals surface area (Å²) in [5, 5.41) is 0. The monoisotopic (exact) mass is 303 g/mol. The molecule has 9 heteroatoms. The average molecular weight is 303 g/mol. The van der Waals surface area contributed by atoms with Crippen molar-refractivity contribution in [2.45, 2.75) is 23.8 Å². The van der Waals surface area contributed by atoms with Crippen LogP contribution in [0.5, 0.6) is 0 Å². The summed E-state index contributed by atoms with van der Waals surface area (Å²) in [5.74, 6) is 0.262. The predicted molar refractivity (Wildman–Crippen MR) is 65.1 cm³/mol. The molecule has 2 rings (SSSR count). The molecule has 1 aromatic rings. The van der Waals surface area contributed by atoms with Gasteiger partial charge in [-0.05, 0) is 25.0 Å². The van der Waals surface area contributed by atoms with Crippen LogP contribution < -0.4 is 10.6 Å². The third kappa shape index (κ3) is 3.47. The summed E-state index contributed by atoms with van der Waals surface area (Å²) in [4.78, 5) is 3.27. The standard InChI is InChI=1S/C10H14F5N3S/c11-19(12,13,14,15)9-1-2-10(17-7-9)18-5-3-8(16)4-6-18/h1-2,7-8H,3-6,16H2. The van der Waals surface area contributed by atoms with Gasteiger partial charge in [0.1, 0.15) is 10.7 Å². The number of nitrogens with two attached hydrogens (primary N) is 1. The summed E-state index contributed by atoms with van der Waals surface area (Å²) in [5.41, 5.74) is 5.70. The number of hydrogen-bond acceptors (Lipinski definition) is 3. The lowest BCUT2D eigenvalue weighted by Crippen LogP contribution is -2.40. The van der Waals surface area contributed by atoms with Crippen molar-refractivity contribution in [1.29, 1.82) is 0 Å². The Morgan fingerprint density at radius 3 is 2.11 bits per heavy atom. The van der Waals surface area contributed by atoms with E-state index in [2.05, 4.69) is 4.98 Å². The smallest absolute Gasteiger partial charge is 0.311 e. The van der Waals surface area contributed by atoms with Gasteiger partial charge in [-0.3, -0.25) is 0 Å². The molecule has 0 atom stereocenters. The van der Waals surface area contributed by atoms with Crippen LogP contribution in [0, 0.1) is 0 Å². The van der Waals surface area contributed by atoms with Gasteiger partial charge in [0.05, 0.1) is 6.20 Å². The molecular weight excluding hydrogens is 289 g/mol. The Morgan fingerprint density at radius 2 is 1.68 bits per heavy atom. The van der Waals surface area contributed by atoms with Crippen molar-refractivity contribution < 1.29 is 19.4 Å². The lowest BCUT2D eigenvalue weighted by Gasteiger charge is -2.40. The first-order valence-corrected chi connectivity index (χ1v) is 7.61. The molecule has 1 aliphatic heterocycles. The maximum Gasteiger partial charge on any atom is 0.311 e. The van der Waals surface area contributed by atoms with Crippen molar-refractivity contribution in [1.82, 2.24) is 4.98 Å². The van der Waals surface area contributed by atoms with Gasteiger partial charge in [-0.15, -0.1) is 0 Å². The van der Waals surface area contributed by atoms with E-state index in [1.54, 1.807) is 4.90 Å². The predicted octanol–water partition coefficient (Wildman–Crippen LogP) is 3.67. The number of nitrogens with zero attached hydrogens (tertiary/aromatic N) is 2. The Morgan fingerprint density at radius 1 is 1.11 bits per heavy atom. The quantitative estimate of drug-likeness (QED) is 0.848. The van der Waals surface area contributed by atoms with Crippen LogP contribution in [0.1, 0.15) is 12.8 Å². The molecule has 0 aliphatic carbocycles. The fourth-order valence-corrected chi connectivity index (χ4v) is 2.49. The maximum absolute atomic E-state index is 12.5. The molecule has 0 spiro atoms. The fraction of sp³-hybridized carbons (Fsp3) is 0.500. The van der Waals surface area contributed by atoms with E-state index < -0.39 is 15.1 Å². The molecule has 1 fully saturated rings. The second-order valence-electron chi connectivity index (χ2n) is 4.65. The molecule has 19 heavy (non-hydrogen) atoms. The van der Waals surface area contributed by atoms with Crippen LogP contribution >= 0.6 is 10.2 Å². The molecule has 1 aliphatic rings. The van der Waals surface area contributed by atoms with Gasteiger partial charge in [-0.25, -0.2) is 4.98 Å². The summed E-state index contributed by atoms with van der Waals surface area (Å²) < 4.78 is 62.5. The zero-order valence-electron chi connectivity index (χ0n) is 9.91. The van der Waals surface area contributed by atoms with Crippen LogP contribution in [0.15, 0.2) is 23.2 Å². The first-order valence-electron chi connectivity index (χ1n) is 5.66. The van der Waals surface area contributed by atoms with Crippen molar-refractivity contribution in [2.75, 3.05) is 18.0 Å². The van der Waals surface area contributed by atoms with E-state index in [0.717, 1.165) is 6.07 Å². The van der Waals surface area contributed by atoms with Crippen molar-refractivity contribution in [3.8, 4) is 0 Å². The fourth-order valence-electron chi connectivity index (χ4n) is 1.92. The normalized spacial score (nSPS) is 21.9. The van der Waals surface area contributed by atoms with Gasteiger partial charge in [0.15, 0.2) is 0 Å². The van der Waals surface area contributed by atoms with Crippen LogP contribution in [0.25, 0.3) is 0 Å². The largest absolute Gasteiger partial charge is 0.357 e. The molecule has 0 aromatic carbocycles. The summed E-state index contributed by atoms with van der Waals surface area (Å²) in [7, 11) is -9.62. The molecule has 2 N–H and O–H groups in total. The van der Waals surface area contributed by atoms with Gasteiger partial charge in [-0.2, -0.15) is 0 Å². The van der Waals surface area contributed by atoms with Crippen molar-refractivity contribution in [2.24, 2.45) is 5.73 Å². The molecule has 1 aromatic heterocycles. The number of pyridine rings is 1. The van der Waals surface area contributed by atoms with Gasteiger partial charge >= 0.3 is 10.2 Å². The van der Waals surface area contributed by atoms with E-state index in [9.17, 15) is 19.4 Å². The molecule has 0 bridgehead atoms. The van der Waals surface area contributed by atoms with Crippen LogP contribution in [-0.4, -0.2) is 24.1 Å². The molecule has 3 nitrogen and oxygen atoms in total. The van der Waals surface area contributed by atoms with E-state index in [4.69, 9.17) is 5.73 Å². The van der Waals surface area contributed by atoms with E-state index in [1.807, 2.05) is 0 Å². The van der Waals surface area contributed by atoms with E-state index >= 15 is 0 Å². The topological polar surface area (TPSA) is 42.1 Å². The summed E-state index contributed by atoms with van der Waals surface area (Å²) >= 11 is 0. The Kier molecular flexibility index (Phi) is 2.81. The average Bonchev–Trinajstić information content (AvgIpc) is 2.27. The molecule has 0 amide bonds. The number of piperidine rings is 1. The van der Waals surface area contributed by atoms with Crippen molar-refractivity contribution in [3.05, 3.63) is 18.3 Å². The minimum atomic E-state index is -9.62. The highest BCUT2D eigenvalue weighted by Gasteiger charge is 2.65. The summed E-state index contributed by atoms with van der Waals surface area (Å²) in [6, 6.07) is 1.43. The summed E-state index contributed by atoms with van der Waals surface area (Å²) in [6.07, 6.45) is 1.60. The van der Waals surface area contributed by atoms with Crippen molar-refractivity contribution in [3.63, 3.8) is 0 Å². The third-order valence-corrected chi connectivity index (χ3v) is 4.16. The first-order chi connectivity index (χ1) is 8.45. The number of anilines is 1. The lowest BCUT2D eigenvalue weighted by molar-refractivity contribution is 0.363. The van der Waals surface area contributed by atoms with E-state index in [1.165, 1.54) is 0 Å². The Bertz CT molecular complexity index is 464. The molecular formula is C10H14F5N3S. The molecule has 0 saturated carbocycles. The second-order valence-corrected chi connectivity index (χ2v) is 7.05. The number of rotatable bonds is 2. The maximum atomic E-state index is 12.5. The zero-order valence-corrected chi connectivity index (χ0v) is 10.7. The van der Waals surface area contributed by atoms with Crippen LogP contribution in [0.3, 0.4) is 0 Å². The zero-order chi connectivity index (χ0) is 14.4. The first kappa shape index (κ1) is 14.3. The van der Waals surface area contributed by atoms with Gasteiger partial charge in [-0.1, -0.05) is 19.4 Å². The highest BCUT2D eigenvalue weighted by atomic mass is 32.5. The molecule has 1 saturated heterocycles. The van der Waals surface area contributed by atoms with Crippen LogP contribution in [0.2, 0.25) is 0 Å². The number of aromatic nitrogens is 1. The van der Waals surface area contributed by atoms with E-state index in [0.29, 0.717) is 32.0 Å². The SMILES string of the molecule is NC1CCN(c2ccc(S(F)(F)(F)(F)F)cn2)CC1. The van der Waals surface area contributed by atoms with Gasteiger partial charge in [0.2, 0.25) is 0 Å². The molecule has 2 heterocycles. The van der Waals surface area contributed by atoms with E-state index in [-0.39, 0.29) is 18.1 Å². The minimum Gasteiger partial charge on any atom is -0.357 e. The third-order valence-electron chi connectivity index (χ3n) is 3.03. The highest BCUT2D eigenvalue weighted by molar-refractivity contribution is 8.45. The minimum absolute atomic E-state index is 0.0696. The Balaban J connectivity index is 2.21. The molecule has 110 valence electrons. The Labute approximate surface area is 107 Å². The van der Waals surface area contributed by atoms with Gasteiger partial charge < -0.3 is 10.6 Å². The highest BCUT2D eigenvalue weighted by Crippen LogP contribution is 3.02. The van der Waals surface area contributed by atoms with Gasteiger partial charge in [0.25, 0.3) is 0 Å². The van der Waals surface area contributed by atoms with Crippen molar-refractivity contribution >= 4 is 16.0 Å². The second kappa shape index (κ2) is 3.72. The summed E-state index contributed by atoms with van der Waals surface area (Å²) in [6.45, 7) is 1.12. The lowest BCUT2D eigenvalue weighted by atomic mass is 10.1. The molecule has 0 radical (unpaired) electrons. The molecule has 0 unspecified atom stereocenters. The Hall–Kier alpha value is -1.09. The van der Waals surface area contributed by atoms with Gasteiger partial charge in [0, 0.05) is 19.1 Å². The van der Waals surface area contributed by atoms with Crippen LogP contribution in [-0.2, 0) is 0 Å².